The Hall–Kier alpha value is -1.26. The first-order valence-corrected chi connectivity index (χ1v) is 3.47. The number of hydrogen-bond donors (Lipinski definition) is 2. The van der Waals surface area contributed by atoms with Gasteiger partial charge in [0.2, 0.25) is 0 Å². The van der Waals surface area contributed by atoms with Crippen molar-refractivity contribution in [3.8, 4) is 5.75 Å². The summed E-state index contributed by atoms with van der Waals surface area (Å²) in [6.45, 7) is 0. The van der Waals surface area contributed by atoms with E-state index in [1.54, 1.807) is 18.2 Å². The van der Waals surface area contributed by atoms with Crippen LogP contribution in [0.5, 0.6) is 5.75 Å². The third-order valence-electron chi connectivity index (χ3n) is 1.10. The lowest BCUT2D eigenvalue weighted by molar-refractivity contribution is 0.127. The molecule has 0 unspecified atom stereocenters. The van der Waals surface area contributed by atoms with E-state index in [9.17, 15) is 4.79 Å². The van der Waals surface area contributed by atoms with Crippen LogP contribution < -0.4 is 10.2 Å². The first kappa shape index (κ1) is 8.83. The molecule has 0 heterocycles. The normalized spacial score (nSPS) is 9.17. The van der Waals surface area contributed by atoms with E-state index in [1.807, 2.05) is 0 Å². The van der Waals surface area contributed by atoms with E-state index in [0.717, 1.165) is 0 Å². The summed E-state index contributed by atoms with van der Waals surface area (Å²) in [5.41, 5.74) is 1.33. The van der Waals surface area contributed by atoms with Crippen LogP contribution >= 0.6 is 11.6 Å². The third kappa shape index (κ3) is 2.41. The van der Waals surface area contributed by atoms with Crippen molar-refractivity contribution in [3.05, 3.63) is 29.3 Å². The summed E-state index contributed by atoms with van der Waals surface area (Å²) < 4.78 is 4.56. The van der Waals surface area contributed by atoms with Gasteiger partial charge in [0.05, 0.1) is 0 Å². The molecule has 1 amide bonds. The molecule has 1 aromatic carbocycles. The zero-order valence-electron chi connectivity index (χ0n) is 5.95. The minimum atomic E-state index is -0.947. The molecular formula is C7H6ClNO3. The van der Waals surface area contributed by atoms with E-state index in [1.165, 1.54) is 11.5 Å². The van der Waals surface area contributed by atoms with Gasteiger partial charge >= 0.3 is 6.09 Å². The number of carbonyl (C=O) groups excluding carboxylic acids is 1. The smallest absolute Gasteiger partial charge is 0.409 e. The van der Waals surface area contributed by atoms with Crippen LogP contribution in [0.2, 0.25) is 5.02 Å². The number of ether oxygens (including phenoxy) is 1. The lowest BCUT2D eigenvalue weighted by Gasteiger charge is -2.01. The lowest BCUT2D eigenvalue weighted by Crippen LogP contribution is -2.22. The maximum Gasteiger partial charge on any atom is 0.436 e. The average Bonchev–Trinajstić information content (AvgIpc) is 2.04. The Labute approximate surface area is 73.7 Å². The zero-order chi connectivity index (χ0) is 8.97. The van der Waals surface area contributed by atoms with Crippen LogP contribution in [0, 0.1) is 0 Å². The molecule has 0 fully saturated rings. The first-order valence-electron chi connectivity index (χ1n) is 3.10. The highest BCUT2D eigenvalue weighted by molar-refractivity contribution is 6.30. The van der Waals surface area contributed by atoms with Gasteiger partial charge in [-0.15, -0.1) is 0 Å². The molecule has 0 saturated heterocycles. The van der Waals surface area contributed by atoms with Gasteiger partial charge in [0, 0.05) is 5.02 Å². The van der Waals surface area contributed by atoms with E-state index in [2.05, 4.69) is 4.74 Å². The Kier molecular flexibility index (Phi) is 2.90. The number of halogens is 1. The van der Waals surface area contributed by atoms with E-state index < -0.39 is 6.09 Å². The summed E-state index contributed by atoms with van der Waals surface area (Å²) in [6.07, 6.45) is -0.947. The number of benzene rings is 1. The molecule has 0 saturated carbocycles. The maximum absolute atomic E-state index is 10.5. The van der Waals surface area contributed by atoms with Crippen LogP contribution in [0.3, 0.4) is 0 Å². The van der Waals surface area contributed by atoms with Crippen LogP contribution in [0.25, 0.3) is 0 Å². The summed E-state index contributed by atoms with van der Waals surface area (Å²) in [5.74, 6) is 0.272. The van der Waals surface area contributed by atoms with Gasteiger partial charge in [0.1, 0.15) is 5.75 Å². The van der Waals surface area contributed by atoms with Crippen LogP contribution in [0.1, 0.15) is 0 Å². The van der Waals surface area contributed by atoms with Crippen LogP contribution in [-0.2, 0) is 0 Å². The lowest BCUT2D eigenvalue weighted by atomic mass is 10.3. The monoisotopic (exact) mass is 187 g/mol. The van der Waals surface area contributed by atoms with E-state index in [-0.39, 0.29) is 5.75 Å². The SMILES string of the molecule is O=C(NO)Oc1cccc(Cl)c1. The van der Waals surface area contributed by atoms with Gasteiger partial charge in [-0.2, -0.15) is 0 Å². The highest BCUT2D eigenvalue weighted by Crippen LogP contribution is 2.16. The van der Waals surface area contributed by atoms with Gasteiger partial charge in [-0.25, -0.2) is 10.3 Å². The van der Waals surface area contributed by atoms with Gasteiger partial charge in [-0.05, 0) is 18.2 Å². The van der Waals surface area contributed by atoms with Crippen molar-refractivity contribution in [1.29, 1.82) is 0 Å². The Balaban J connectivity index is 2.69. The van der Waals surface area contributed by atoms with E-state index in [4.69, 9.17) is 16.8 Å². The zero-order valence-corrected chi connectivity index (χ0v) is 6.71. The van der Waals surface area contributed by atoms with Gasteiger partial charge in [0.15, 0.2) is 0 Å². The van der Waals surface area contributed by atoms with E-state index >= 15 is 0 Å². The van der Waals surface area contributed by atoms with Crippen LogP contribution in [0.4, 0.5) is 4.79 Å². The van der Waals surface area contributed by atoms with Crippen LogP contribution in [-0.4, -0.2) is 11.3 Å². The fourth-order valence-corrected chi connectivity index (χ4v) is 0.841. The number of amides is 1. The molecule has 0 radical (unpaired) electrons. The fraction of sp³-hybridized carbons (Fsp3) is 0. The highest BCUT2D eigenvalue weighted by atomic mass is 35.5. The number of nitrogens with one attached hydrogen (secondary N) is 1. The van der Waals surface area contributed by atoms with Crippen molar-refractivity contribution in [1.82, 2.24) is 5.48 Å². The molecule has 5 heteroatoms. The van der Waals surface area contributed by atoms with Crippen LogP contribution in [0.15, 0.2) is 24.3 Å². The summed E-state index contributed by atoms with van der Waals surface area (Å²) in [4.78, 5) is 10.5. The second kappa shape index (κ2) is 3.94. The first-order chi connectivity index (χ1) is 5.72. The second-order valence-corrected chi connectivity index (χ2v) is 2.40. The second-order valence-electron chi connectivity index (χ2n) is 1.96. The molecule has 12 heavy (non-hydrogen) atoms. The average molecular weight is 188 g/mol. The molecule has 1 rings (SSSR count). The highest BCUT2D eigenvalue weighted by Gasteiger charge is 2.01. The van der Waals surface area contributed by atoms with Crippen molar-refractivity contribution in [2.24, 2.45) is 0 Å². The number of carbonyl (C=O) groups is 1. The van der Waals surface area contributed by atoms with Gasteiger partial charge in [0.25, 0.3) is 0 Å². The molecule has 0 aromatic heterocycles. The summed E-state index contributed by atoms with van der Waals surface area (Å²) in [5, 5.41) is 8.56. The van der Waals surface area contributed by atoms with Crippen molar-refractivity contribution >= 4 is 17.7 Å². The third-order valence-corrected chi connectivity index (χ3v) is 1.33. The minimum absolute atomic E-state index is 0.272. The predicted molar refractivity (Wildman–Crippen MR) is 42.4 cm³/mol. The fourth-order valence-electron chi connectivity index (χ4n) is 0.660. The molecule has 2 N–H and O–H groups in total. The standard InChI is InChI=1S/C7H6ClNO3/c8-5-2-1-3-6(4-5)12-7(10)9-11/h1-4,11H,(H,9,10). The van der Waals surface area contributed by atoms with Crippen molar-refractivity contribution in [2.45, 2.75) is 0 Å². The van der Waals surface area contributed by atoms with Gasteiger partial charge in [-0.3, -0.25) is 5.21 Å². The molecule has 0 atom stereocenters. The molecule has 0 aliphatic rings. The number of rotatable bonds is 1. The molecule has 0 aliphatic carbocycles. The van der Waals surface area contributed by atoms with Crippen molar-refractivity contribution in [2.75, 3.05) is 0 Å². The van der Waals surface area contributed by atoms with Crippen molar-refractivity contribution < 1.29 is 14.7 Å². The predicted octanol–water partition coefficient (Wildman–Crippen LogP) is 1.82. The molecule has 0 aliphatic heterocycles. The molecule has 64 valence electrons. The molecule has 0 spiro atoms. The Morgan fingerprint density at radius 1 is 1.58 bits per heavy atom. The summed E-state index contributed by atoms with van der Waals surface area (Å²) in [7, 11) is 0. The molecule has 0 bridgehead atoms. The Morgan fingerprint density at radius 3 is 2.92 bits per heavy atom. The summed E-state index contributed by atoms with van der Waals surface area (Å²) in [6, 6.07) is 6.27. The van der Waals surface area contributed by atoms with Crippen molar-refractivity contribution in [3.63, 3.8) is 0 Å². The molecule has 1 aromatic rings. The number of hydroxylamine groups is 1. The molecule has 4 nitrogen and oxygen atoms in total. The number of hydrogen-bond acceptors (Lipinski definition) is 3. The Morgan fingerprint density at radius 2 is 2.33 bits per heavy atom. The minimum Gasteiger partial charge on any atom is -0.409 e. The Bertz CT molecular complexity index is 290. The summed E-state index contributed by atoms with van der Waals surface area (Å²) >= 11 is 5.60. The quantitative estimate of drug-likeness (QED) is 0.521. The topological polar surface area (TPSA) is 58.6 Å². The van der Waals surface area contributed by atoms with E-state index in [0.29, 0.717) is 5.02 Å². The molecular weight excluding hydrogens is 182 g/mol. The maximum atomic E-state index is 10.5. The largest absolute Gasteiger partial charge is 0.436 e. The van der Waals surface area contributed by atoms with Gasteiger partial charge < -0.3 is 4.74 Å². The van der Waals surface area contributed by atoms with Gasteiger partial charge in [-0.1, -0.05) is 17.7 Å².